The number of nitrogens with zero attached hydrogens (tertiary/aromatic N) is 5. The number of halogens is 4. The van der Waals surface area contributed by atoms with Crippen molar-refractivity contribution in [2.75, 3.05) is 6.61 Å². The average Bonchev–Trinajstić information content (AvgIpc) is 3.36. The first-order valence-electron chi connectivity index (χ1n) is 9.51. The molecule has 0 amide bonds. The highest BCUT2D eigenvalue weighted by atomic mass is 19.4. The number of alkyl halides is 3. The van der Waals surface area contributed by atoms with Crippen LogP contribution >= 0.6 is 0 Å². The Balaban J connectivity index is 1.80. The number of carbonyl (C=O) groups excluding carboxylic acids is 1. The Kier molecular flexibility index (Phi) is 5.59. The largest absolute Gasteiger partial charge is 0.466 e. The molecule has 0 aliphatic rings. The van der Waals surface area contributed by atoms with E-state index >= 15 is 0 Å². The Morgan fingerprint density at radius 3 is 2.62 bits per heavy atom. The third-order valence-electron chi connectivity index (χ3n) is 4.49. The molecule has 32 heavy (non-hydrogen) atoms. The van der Waals surface area contributed by atoms with Crippen molar-refractivity contribution < 1.29 is 27.1 Å². The summed E-state index contributed by atoms with van der Waals surface area (Å²) >= 11 is 0. The summed E-state index contributed by atoms with van der Waals surface area (Å²) in [5.41, 5.74) is 1.31. The number of H-pyrrole nitrogens is 1. The monoisotopic (exact) mass is 448 g/mol. The lowest BCUT2D eigenvalue weighted by molar-refractivity contribution is -0.144. The van der Waals surface area contributed by atoms with Crippen LogP contribution in [0.2, 0.25) is 0 Å². The smallest absolute Gasteiger partial charge is 0.451 e. The second-order valence-electron chi connectivity index (χ2n) is 6.79. The molecule has 8 nitrogen and oxygen atoms in total. The van der Waals surface area contributed by atoms with Crippen molar-refractivity contribution in [2.45, 2.75) is 25.9 Å². The number of rotatable bonds is 6. The topological polar surface area (TPSA) is 98.1 Å². The second-order valence-corrected chi connectivity index (χ2v) is 6.79. The predicted molar refractivity (Wildman–Crippen MR) is 103 cm³/mol. The van der Waals surface area contributed by atoms with Gasteiger partial charge in [0, 0.05) is 18.8 Å². The molecule has 1 aromatic carbocycles. The molecule has 0 aliphatic carbocycles. The number of hydrogen-bond donors (Lipinski definition) is 1. The van der Waals surface area contributed by atoms with Gasteiger partial charge in [0.15, 0.2) is 5.65 Å². The fourth-order valence-electron chi connectivity index (χ4n) is 3.11. The lowest BCUT2D eigenvalue weighted by Crippen LogP contribution is -2.07. The van der Waals surface area contributed by atoms with E-state index in [-0.39, 0.29) is 36.7 Å². The van der Waals surface area contributed by atoms with Gasteiger partial charge in [-0.05, 0) is 18.6 Å². The first-order chi connectivity index (χ1) is 15.2. The van der Waals surface area contributed by atoms with E-state index in [0.717, 1.165) is 0 Å². The SMILES string of the molecule is CCOC(=O)Cc1cn2cc(-c3n[nH]c(C(F)(F)F)n3)nc(Cc3ccccc3F)c2n1. The minimum Gasteiger partial charge on any atom is -0.466 e. The molecule has 0 fully saturated rings. The van der Waals surface area contributed by atoms with E-state index in [0.29, 0.717) is 16.9 Å². The standard InChI is InChI=1S/C20H16F4N6O2/c1-2-32-16(31)8-12-9-30-10-15(17-27-19(29-28-17)20(22,23)24)26-14(18(30)25-12)7-11-5-3-4-6-13(11)21/h3-6,9-10H,2,7-8H2,1H3,(H,27,28,29). The van der Waals surface area contributed by atoms with E-state index in [1.807, 2.05) is 5.10 Å². The number of ether oxygens (including phenoxy) is 1. The molecule has 4 aromatic rings. The maximum atomic E-state index is 14.2. The van der Waals surface area contributed by atoms with Crippen LogP contribution in [-0.4, -0.2) is 42.1 Å². The number of nitrogens with one attached hydrogen (secondary N) is 1. The summed E-state index contributed by atoms with van der Waals surface area (Å²) in [6.45, 7) is 1.89. The molecular formula is C20H16F4N6O2. The van der Waals surface area contributed by atoms with Gasteiger partial charge in [-0.15, -0.1) is 0 Å². The molecule has 0 atom stereocenters. The Hall–Kier alpha value is -3.83. The summed E-state index contributed by atoms with van der Waals surface area (Å²) in [5.74, 6) is -2.50. The van der Waals surface area contributed by atoms with Gasteiger partial charge in [0.25, 0.3) is 0 Å². The van der Waals surface area contributed by atoms with Crippen molar-refractivity contribution in [3.05, 3.63) is 65.3 Å². The van der Waals surface area contributed by atoms with Crippen LogP contribution in [0.25, 0.3) is 17.2 Å². The van der Waals surface area contributed by atoms with Crippen LogP contribution in [0, 0.1) is 5.82 Å². The van der Waals surface area contributed by atoms with Gasteiger partial charge >= 0.3 is 12.1 Å². The van der Waals surface area contributed by atoms with Gasteiger partial charge < -0.3 is 9.14 Å². The van der Waals surface area contributed by atoms with Crippen molar-refractivity contribution in [2.24, 2.45) is 0 Å². The molecule has 3 aromatic heterocycles. The average molecular weight is 448 g/mol. The summed E-state index contributed by atoms with van der Waals surface area (Å²) in [6, 6.07) is 6.05. The molecule has 0 bridgehead atoms. The first kappa shape index (κ1) is 21.4. The van der Waals surface area contributed by atoms with Crippen LogP contribution in [0.1, 0.15) is 29.7 Å². The number of benzene rings is 1. The van der Waals surface area contributed by atoms with Gasteiger partial charge in [-0.2, -0.15) is 18.3 Å². The molecule has 3 heterocycles. The molecule has 4 rings (SSSR count). The lowest BCUT2D eigenvalue weighted by Gasteiger charge is -2.07. The number of imidazole rings is 1. The third kappa shape index (κ3) is 4.43. The number of aromatic amines is 1. The molecule has 0 radical (unpaired) electrons. The lowest BCUT2D eigenvalue weighted by atomic mass is 10.1. The van der Waals surface area contributed by atoms with E-state index in [1.54, 1.807) is 19.1 Å². The number of esters is 1. The number of fused-ring (bicyclic) bond motifs is 1. The van der Waals surface area contributed by atoms with Crippen molar-refractivity contribution >= 4 is 11.6 Å². The molecule has 0 spiro atoms. The second kappa shape index (κ2) is 8.36. The van der Waals surface area contributed by atoms with E-state index < -0.39 is 23.8 Å². The van der Waals surface area contributed by atoms with Gasteiger partial charge in [-0.25, -0.2) is 19.3 Å². The highest BCUT2D eigenvalue weighted by Crippen LogP contribution is 2.28. The molecular weight excluding hydrogens is 432 g/mol. The number of aromatic nitrogens is 6. The minimum atomic E-state index is -4.70. The zero-order valence-electron chi connectivity index (χ0n) is 16.6. The third-order valence-corrected chi connectivity index (χ3v) is 4.49. The van der Waals surface area contributed by atoms with Crippen molar-refractivity contribution in [1.29, 1.82) is 0 Å². The molecule has 0 unspecified atom stereocenters. The van der Waals surface area contributed by atoms with Gasteiger partial charge in [0.05, 0.1) is 24.4 Å². The van der Waals surface area contributed by atoms with Crippen molar-refractivity contribution in [3.63, 3.8) is 0 Å². The van der Waals surface area contributed by atoms with Gasteiger partial charge in [-0.1, -0.05) is 18.2 Å². The molecule has 12 heteroatoms. The Bertz CT molecular complexity index is 1280. The van der Waals surface area contributed by atoms with Crippen LogP contribution in [0.3, 0.4) is 0 Å². The van der Waals surface area contributed by atoms with E-state index in [4.69, 9.17) is 4.74 Å². The summed E-state index contributed by atoms with van der Waals surface area (Å²) in [4.78, 5) is 24.0. The van der Waals surface area contributed by atoms with Gasteiger partial charge in [-0.3, -0.25) is 9.89 Å². The molecule has 0 saturated carbocycles. The van der Waals surface area contributed by atoms with Crippen LogP contribution in [-0.2, 0) is 28.5 Å². The Morgan fingerprint density at radius 2 is 1.94 bits per heavy atom. The maximum Gasteiger partial charge on any atom is 0.451 e. The zero-order valence-corrected chi connectivity index (χ0v) is 16.6. The van der Waals surface area contributed by atoms with Gasteiger partial charge in [0.2, 0.25) is 11.6 Å². The predicted octanol–water partition coefficient (Wildman–Crippen LogP) is 3.37. The molecule has 0 aliphatic heterocycles. The molecule has 1 N–H and O–H groups in total. The number of hydrogen-bond acceptors (Lipinski definition) is 6. The molecule has 166 valence electrons. The highest BCUT2D eigenvalue weighted by Gasteiger charge is 2.35. The summed E-state index contributed by atoms with van der Waals surface area (Å²) < 4.78 is 59.4. The first-order valence-corrected chi connectivity index (χ1v) is 9.51. The highest BCUT2D eigenvalue weighted by molar-refractivity contribution is 5.72. The van der Waals surface area contributed by atoms with Gasteiger partial charge in [0.1, 0.15) is 11.5 Å². The zero-order chi connectivity index (χ0) is 22.9. The van der Waals surface area contributed by atoms with Crippen molar-refractivity contribution in [3.8, 4) is 11.5 Å². The summed E-state index contributed by atoms with van der Waals surface area (Å²) in [5, 5.41) is 5.45. The summed E-state index contributed by atoms with van der Waals surface area (Å²) in [6.07, 6.45) is -1.88. The van der Waals surface area contributed by atoms with Crippen LogP contribution in [0.5, 0.6) is 0 Å². The number of carbonyl (C=O) groups is 1. The Labute approximate surface area is 178 Å². The Morgan fingerprint density at radius 1 is 1.16 bits per heavy atom. The van der Waals surface area contributed by atoms with Crippen LogP contribution < -0.4 is 0 Å². The van der Waals surface area contributed by atoms with E-state index in [9.17, 15) is 22.4 Å². The summed E-state index contributed by atoms with van der Waals surface area (Å²) in [7, 11) is 0. The minimum absolute atomic E-state index is 0.0103. The fraction of sp³-hybridized carbons (Fsp3) is 0.250. The van der Waals surface area contributed by atoms with E-state index in [2.05, 4.69) is 20.1 Å². The fourth-order valence-corrected chi connectivity index (χ4v) is 3.11. The van der Waals surface area contributed by atoms with E-state index in [1.165, 1.54) is 28.9 Å². The normalized spacial score (nSPS) is 11.8. The van der Waals surface area contributed by atoms with Crippen LogP contribution in [0.15, 0.2) is 36.7 Å². The molecule has 0 saturated heterocycles. The quantitative estimate of drug-likeness (QED) is 0.359. The van der Waals surface area contributed by atoms with Crippen LogP contribution in [0.4, 0.5) is 17.6 Å². The van der Waals surface area contributed by atoms with Crippen molar-refractivity contribution in [1.82, 2.24) is 29.5 Å². The maximum absolute atomic E-state index is 14.2.